The van der Waals surface area contributed by atoms with Crippen LogP contribution in [0.25, 0.3) is 0 Å². The first-order valence-electron chi connectivity index (χ1n) is 6.98. The number of likely N-dealkylation sites (N-methyl/N-ethyl adjacent to an activating group) is 1. The zero-order valence-corrected chi connectivity index (χ0v) is 11.5. The molecule has 0 aliphatic heterocycles. The number of ether oxygens (including phenoxy) is 1. The van der Waals surface area contributed by atoms with E-state index >= 15 is 0 Å². The number of carbonyl (C=O) groups excluding carboxylic acids is 1. The topological polar surface area (TPSA) is 67.6 Å². The summed E-state index contributed by atoms with van der Waals surface area (Å²) in [6.45, 7) is 3.84. The van der Waals surface area contributed by atoms with Crippen molar-refractivity contribution in [1.82, 2.24) is 10.3 Å². The highest BCUT2D eigenvalue weighted by Gasteiger charge is 2.20. The molecule has 1 saturated carbocycles. The predicted octanol–water partition coefficient (Wildman–Crippen LogP) is 0.895. The van der Waals surface area contributed by atoms with Crippen molar-refractivity contribution in [2.75, 3.05) is 33.4 Å². The van der Waals surface area contributed by atoms with E-state index in [1.54, 1.807) is 0 Å². The highest BCUT2D eigenvalue weighted by molar-refractivity contribution is 5.74. The summed E-state index contributed by atoms with van der Waals surface area (Å²) in [7, 11) is 2.12. The molecule has 3 N–H and O–H groups in total. The highest BCUT2D eigenvalue weighted by Crippen LogP contribution is 2.28. The van der Waals surface area contributed by atoms with E-state index in [1.807, 2.05) is 0 Å². The molecule has 0 radical (unpaired) electrons. The van der Waals surface area contributed by atoms with Crippen LogP contribution in [0, 0.1) is 5.92 Å². The van der Waals surface area contributed by atoms with Gasteiger partial charge < -0.3 is 9.64 Å². The van der Waals surface area contributed by atoms with Crippen molar-refractivity contribution < 1.29 is 9.53 Å². The minimum Gasteiger partial charge on any atom is -0.380 e. The second-order valence-corrected chi connectivity index (χ2v) is 5.20. The molecule has 0 saturated heterocycles. The van der Waals surface area contributed by atoms with Crippen LogP contribution < -0.4 is 11.3 Å². The van der Waals surface area contributed by atoms with Crippen LogP contribution in [0.3, 0.4) is 0 Å². The third-order valence-electron chi connectivity index (χ3n) is 3.27. The van der Waals surface area contributed by atoms with E-state index in [9.17, 15) is 4.79 Å². The average molecular weight is 257 g/mol. The number of nitrogens with two attached hydrogens (primary N) is 1. The molecule has 1 rings (SSSR count). The molecule has 0 heterocycles. The smallest absolute Gasteiger partial charge is 0.233 e. The Morgan fingerprint density at radius 3 is 2.78 bits per heavy atom. The Balaban J connectivity index is 1.80. The lowest BCUT2D eigenvalue weighted by Crippen LogP contribution is -2.29. The van der Waals surface area contributed by atoms with Crippen LogP contribution >= 0.6 is 0 Å². The van der Waals surface area contributed by atoms with Crippen molar-refractivity contribution >= 4 is 5.91 Å². The first kappa shape index (κ1) is 15.4. The van der Waals surface area contributed by atoms with Gasteiger partial charge in [-0.2, -0.15) is 0 Å². The van der Waals surface area contributed by atoms with Crippen molar-refractivity contribution in [3.05, 3.63) is 0 Å². The van der Waals surface area contributed by atoms with Crippen LogP contribution in [0.4, 0.5) is 0 Å². The van der Waals surface area contributed by atoms with Crippen molar-refractivity contribution in [2.24, 2.45) is 11.8 Å². The lowest BCUT2D eigenvalue weighted by molar-refractivity contribution is -0.121. The summed E-state index contributed by atoms with van der Waals surface area (Å²) in [5, 5.41) is 0. The Kier molecular flexibility index (Phi) is 7.96. The third kappa shape index (κ3) is 8.44. The fraction of sp³-hybridized carbons (Fsp3) is 0.923. The number of carbonyl (C=O) groups is 1. The van der Waals surface area contributed by atoms with Crippen LogP contribution in [0.15, 0.2) is 0 Å². The maximum absolute atomic E-state index is 10.9. The van der Waals surface area contributed by atoms with Gasteiger partial charge in [-0.05, 0) is 45.2 Å². The molecule has 0 aromatic heterocycles. The number of unbranched alkanes of at least 4 members (excludes halogenated alkanes) is 2. The Labute approximate surface area is 110 Å². The van der Waals surface area contributed by atoms with Crippen molar-refractivity contribution in [3.8, 4) is 0 Å². The molecule has 0 bridgehead atoms. The number of nitrogens with one attached hydrogen (secondary N) is 1. The second-order valence-electron chi connectivity index (χ2n) is 5.20. The standard InChI is InChI=1S/C13H27N3O2/c1-16(9-10-18-11-12-6-7-12)8-4-2-3-5-13(17)15-14/h12H,2-11,14H2,1H3,(H,15,17). The summed E-state index contributed by atoms with van der Waals surface area (Å²) in [4.78, 5) is 13.2. The Hall–Kier alpha value is -0.650. The molecule has 106 valence electrons. The van der Waals surface area contributed by atoms with E-state index < -0.39 is 0 Å². The minimum absolute atomic E-state index is 0.0724. The van der Waals surface area contributed by atoms with Gasteiger partial charge in [-0.1, -0.05) is 6.42 Å². The summed E-state index contributed by atoms with van der Waals surface area (Å²) in [6.07, 6.45) is 6.34. The number of amides is 1. The zero-order chi connectivity index (χ0) is 13.2. The van der Waals surface area contributed by atoms with Crippen molar-refractivity contribution in [2.45, 2.75) is 38.5 Å². The molecule has 1 aliphatic carbocycles. The van der Waals surface area contributed by atoms with Gasteiger partial charge in [0.25, 0.3) is 0 Å². The number of hydrogen-bond acceptors (Lipinski definition) is 4. The molecule has 0 spiro atoms. The predicted molar refractivity (Wildman–Crippen MR) is 71.8 cm³/mol. The molecule has 0 aromatic carbocycles. The minimum atomic E-state index is -0.0724. The van der Waals surface area contributed by atoms with Gasteiger partial charge in [-0.3, -0.25) is 10.2 Å². The third-order valence-corrected chi connectivity index (χ3v) is 3.27. The van der Waals surface area contributed by atoms with Gasteiger partial charge >= 0.3 is 0 Å². The normalized spacial score (nSPS) is 15.1. The van der Waals surface area contributed by atoms with Gasteiger partial charge in [0.1, 0.15) is 0 Å². The van der Waals surface area contributed by atoms with Crippen LogP contribution in [-0.2, 0) is 9.53 Å². The van der Waals surface area contributed by atoms with E-state index in [4.69, 9.17) is 10.6 Å². The van der Waals surface area contributed by atoms with Gasteiger partial charge in [0.15, 0.2) is 0 Å². The van der Waals surface area contributed by atoms with Gasteiger partial charge in [0, 0.05) is 19.6 Å². The zero-order valence-electron chi connectivity index (χ0n) is 11.5. The summed E-state index contributed by atoms with van der Waals surface area (Å²) in [6, 6.07) is 0. The molecule has 5 heteroatoms. The lowest BCUT2D eigenvalue weighted by atomic mass is 10.2. The summed E-state index contributed by atoms with van der Waals surface area (Å²) in [5.41, 5.74) is 2.15. The number of nitrogens with zero attached hydrogens (tertiary/aromatic N) is 1. The van der Waals surface area contributed by atoms with Gasteiger partial charge in [-0.15, -0.1) is 0 Å². The number of hydrogen-bond donors (Lipinski definition) is 2. The Morgan fingerprint density at radius 2 is 2.11 bits per heavy atom. The van der Waals surface area contributed by atoms with E-state index in [0.29, 0.717) is 6.42 Å². The van der Waals surface area contributed by atoms with Crippen molar-refractivity contribution in [3.63, 3.8) is 0 Å². The molecule has 1 fully saturated rings. The number of hydrazine groups is 1. The molecule has 1 amide bonds. The maximum Gasteiger partial charge on any atom is 0.233 e. The lowest BCUT2D eigenvalue weighted by Gasteiger charge is -2.16. The van der Waals surface area contributed by atoms with Gasteiger partial charge in [0.2, 0.25) is 5.91 Å². The first-order chi connectivity index (χ1) is 8.72. The average Bonchev–Trinajstić information content (AvgIpc) is 3.18. The van der Waals surface area contributed by atoms with E-state index in [-0.39, 0.29) is 5.91 Å². The monoisotopic (exact) mass is 257 g/mol. The van der Waals surface area contributed by atoms with Crippen molar-refractivity contribution in [1.29, 1.82) is 0 Å². The molecule has 18 heavy (non-hydrogen) atoms. The van der Waals surface area contributed by atoms with E-state index in [2.05, 4.69) is 17.4 Å². The summed E-state index contributed by atoms with van der Waals surface area (Å²) in [5.74, 6) is 5.79. The van der Waals surface area contributed by atoms with Gasteiger partial charge in [0.05, 0.1) is 6.61 Å². The molecule has 5 nitrogen and oxygen atoms in total. The quantitative estimate of drug-likeness (QED) is 0.250. The first-order valence-corrected chi connectivity index (χ1v) is 6.98. The fourth-order valence-corrected chi connectivity index (χ4v) is 1.78. The van der Waals surface area contributed by atoms with E-state index in [1.165, 1.54) is 12.8 Å². The molecule has 0 atom stereocenters. The van der Waals surface area contributed by atoms with Crippen LogP contribution in [0.2, 0.25) is 0 Å². The molecular weight excluding hydrogens is 230 g/mol. The highest BCUT2D eigenvalue weighted by atomic mass is 16.5. The molecule has 0 aromatic rings. The van der Waals surface area contributed by atoms with Crippen LogP contribution in [0.1, 0.15) is 38.5 Å². The number of rotatable bonds is 11. The fourth-order valence-electron chi connectivity index (χ4n) is 1.78. The van der Waals surface area contributed by atoms with Gasteiger partial charge in [-0.25, -0.2) is 5.84 Å². The van der Waals surface area contributed by atoms with E-state index in [0.717, 1.165) is 51.5 Å². The molecule has 0 unspecified atom stereocenters. The maximum atomic E-state index is 10.9. The van der Waals surface area contributed by atoms with Crippen LogP contribution in [0.5, 0.6) is 0 Å². The van der Waals surface area contributed by atoms with Crippen LogP contribution in [-0.4, -0.2) is 44.2 Å². The summed E-state index contributed by atoms with van der Waals surface area (Å²) >= 11 is 0. The SMILES string of the molecule is CN(CCCCCC(=O)NN)CCOCC1CC1. The molecular formula is C13H27N3O2. The largest absolute Gasteiger partial charge is 0.380 e. The second kappa shape index (κ2) is 9.30. The Morgan fingerprint density at radius 1 is 1.33 bits per heavy atom. The summed E-state index contributed by atoms with van der Waals surface area (Å²) < 4.78 is 5.59. The Bertz CT molecular complexity index is 232. The molecule has 1 aliphatic rings.